The molecule has 1 heterocycles. The molecule has 0 aromatic heterocycles. The second kappa shape index (κ2) is 5.69. The summed E-state index contributed by atoms with van der Waals surface area (Å²) in [6.07, 6.45) is 2.36. The van der Waals surface area contributed by atoms with E-state index < -0.39 is 0 Å². The highest BCUT2D eigenvalue weighted by Gasteiger charge is 2.14. The number of likely N-dealkylation sites (tertiary alicyclic amines) is 1. The van der Waals surface area contributed by atoms with E-state index in [0.717, 1.165) is 31.6 Å². The maximum Gasteiger partial charge on any atom is 0.0605 e. The normalized spacial score (nSPS) is 21.2. The molecular formula is C14H18N2. The van der Waals surface area contributed by atoms with E-state index >= 15 is 0 Å². The topological polar surface area (TPSA) is 29.3 Å². The highest BCUT2D eigenvalue weighted by Crippen LogP contribution is 2.06. The van der Waals surface area contributed by atoms with Crippen LogP contribution in [0.3, 0.4) is 0 Å². The van der Waals surface area contributed by atoms with Crippen LogP contribution in [-0.2, 0) is 0 Å². The monoisotopic (exact) mass is 214 g/mol. The molecule has 1 fully saturated rings. The molecule has 0 aliphatic carbocycles. The number of piperidine rings is 1. The van der Waals surface area contributed by atoms with E-state index in [-0.39, 0.29) is 0 Å². The van der Waals surface area contributed by atoms with E-state index in [1.165, 1.54) is 6.42 Å². The van der Waals surface area contributed by atoms with Gasteiger partial charge >= 0.3 is 0 Å². The van der Waals surface area contributed by atoms with Gasteiger partial charge in [-0.25, -0.2) is 0 Å². The first-order valence-corrected chi connectivity index (χ1v) is 5.86. The summed E-state index contributed by atoms with van der Waals surface area (Å²) in [5, 5.41) is 0. The molecule has 2 heteroatoms. The second-order valence-corrected chi connectivity index (χ2v) is 4.31. The Bertz CT molecular complexity index is 375. The Labute approximate surface area is 97.4 Å². The maximum absolute atomic E-state index is 5.92. The van der Waals surface area contributed by atoms with Gasteiger partial charge in [0.2, 0.25) is 0 Å². The van der Waals surface area contributed by atoms with Gasteiger partial charge in [-0.15, -0.1) is 0 Å². The number of nitrogens with two attached hydrogens (primary N) is 1. The lowest BCUT2D eigenvalue weighted by molar-refractivity contribution is 0.232. The Morgan fingerprint density at radius 3 is 2.88 bits per heavy atom. The summed E-state index contributed by atoms with van der Waals surface area (Å²) in [7, 11) is 0. The van der Waals surface area contributed by atoms with E-state index in [1.807, 2.05) is 30.3 Å². The Kier molecular flexibility index (Phi) is 3.98. The molecule has 0 amide bonds. The molecule has 1 aliphatic rings. The molecule has 1 aromatic carbocycles. The summed E-state index contributed by atoms with van der Waals surface area (Å²) in [5.74, 6) is 6.39. The minimum absolute atomic E-state index is 0.340. The Balaban J connectivity index is 1.85. The third kappa shape index (κ3) is 3.37. The third-order valence-electron chi connectivity index (χ3n) is 2.85. The Morgan fingerprint density at radius 2 is 2.12 bits per heavy atom. The molecular weight excluding hydrogens is 196 g/mol. The van der Waals surface area contributed by atoms with E-state index in [2.05, 4.69) is 16.7 Å². The highest BCUT2D eigenvalue weighted by molar-refractivity contribution is 5.33. The molecule has 1 saturated heterocycles. The van der Waals surface area contributed by atoms with Crippen LogP contribution in [0.2, 0.25) is 0 Å². The van der Waals surface area contributed by atoms with E-state index in [4.69, 9.17) is 5.73 Å². The Hall–Kier alpha value is -1.30. The van der Waals surface area contributed by atoms with Crippen molar-refractivity contribution in [1.82, 2.24) is 4.90 Å². The fourth-order valence-electron chi connectivity index (χ4n) is 2.01. The molecule has 1 atom stereocenters. The summed E-state index contributed by atoms with van der Waals surface area (Å²) in [4.78, 5) is 2.34. The predicted octanol–water partition coefficient (Wildman–Crippen LogP) is 1.46. The van der Waals surface area contributed by atoms with Gasteiger partial charge in [0, 0.05) is 18.2 Å². The zero-order valence-corrected chi connectivity index (χ0v) is 9.52. The van der Waals surface area contributed by atoms with Gasteiger partial charge in [-0.3, -0.25) is 4.90 Å². The van der Waals surface area contributed by atoms with Gasteiger partial charge in [0.15, 0.2) is 0 Å². The van der Waals surface area contributed by atoms with Crippen LogP contribution in [0, 0.1) is 11.8 Å². The van der Waals surface area contributed by atoms with Crippen LogP contribution in [0.25, 0.3) is 0 Å². The van der Waals surface area contributed by atoms with Crippen molar-refractivity contribution in [3.63, 3.8) is 0 Å². The molecule has 1 aromatic rings. The number of nitrogens with zero attached hydrogens (tertiary/aromatic N) is 1. The van der Waals surface area contributed by atoms with Gasteiger partial charge in [-0.1, -0.05) is 30.0 Å². The number of hydrogen-bond acceptors (Lipinski definition) is 2. The smallest absolute Gasteiger partial charge is 0.0605 e. The highest BCUT2D eigenvalue weighted by atomic mass is 15.1. The summed E-state index contributed by atoms with van der Waals surface area (Å²) in [6.45, 7) is 2.96. The van der Waals surface area contributed by atoms with Crippen LogP contribution < -0.4 is 5.73 Å². The molecule has 2 nitrogen and oxygen atoms in total. The lowest BCUT2D eigenvalue weighted by Crippen LogP contribution is -2.42. The van der Waals surface area contributed by atoms with E-state index in [9.17, 15) is 0 Å². The van der Waals surface area contributed by atoms with Crippen molar-refractivity contribution in [3.05, 3.63) is 35.9 Å². The molecule has 1 aliphatic heterocycles. The zero-order valence-electron chi connectivity index (χ0n) is 9.52. The fraction of sp³-hybridized carbons (Fsp3) is 0.429. The average molecular weight is 214 g/mol. The van der Waals surface area contributed by atoms with E-state index in [1.54, 1.807) is 0 Å². The van der Waals surface area contributed by atoms with Crippen LogP contribution in [0.15, 0.2) is 30.3 Å². The van der Waals surface area contributed by atoms with Gasteiger partial charge in [0.25, 0.3) is 0 Å². The van der Waals surface area contributed by atoms with Crippen molar-refractivity contribution in [3.8, 4) is 11.8 Å². The van der Waals surface area contributed by atoms with Crippen molar-refractivity contribution >= 4 is 0 Å². The quantitative estimate of drug-likeness (QED) is 0.717. The van der Waals surface area contributed by atoms with E-state index in [0.29, 0.717) is 6.04 Å². The summed E-state index contributed by atoms with van der Waals surface area (Å²) in [5.41, 5.74) is 7.00. The van der Waals surface area contributed by atoms with Crippen LogP contribution in [0.5, 0.6) is 0 Å². The molecule has 16 heavy (non-hydrogen) atoms. The van der Waals surface area contributed by atoms with Crippen LogP contribution in [0.4, 0.5) is 0 Å². The largest absolute Gasteiger partial charge is 0.327 e. The molecule has 0 spiro atoms. The third-order valence-corrected chi connectivity index (χ3v) is 2.85. The van der Waals surface area contributed by atoms with Crippen molar-refractivity contribution in [2.24, 2.45) is 5.73 Å². The lowest BCUT2D eigenvalue weighted by Gasteiger charge is -2.28. The van der Waals surface area contributed by atoms with Crippen molar-refractivity contribution < 1.29 is 0 Å². The fourth-order valence-corrected chi connectivity index (χ4v) is 2.01. The van der Waals surface area contributed by atoms with Gasteiger partial charge in [-0.2, -0.15) is 0 Å². The molecule has 0 unspecified atom stereocenters. The number of hydrogen-bond donors (Lipinski definition) is 1. The van der Waals surface area contributed by atoms with Crippen LogP contribution >= 0.6 is 0 Å². The van der Waals surface area contributed by atoms with Crippen molar-refractivity contribution in [1.29, 1.82) is 0 Å². The number of benzene rings is 1. The molecule has 84 valence electrons. The minimum atomic E-state index is 0.340. The first kappa shape index (κ1) is 11.2. The summed E-state index contributed by atoms with van der Waals surface area (Å²) in [6, 6.07) is 10.5. The lowest BCUT2D eigenvalue weighted by atomic mass is 10.1. The Morgan fingerprint density at radius 1 is 1.31 bits per heavy atom. The van der Waals surface area contributed by atoms with Crippen molar-refractivity contribution in [2.45, 2.75) is 18.9 Å². The van der Waals surface area contributed by atoms with Crippen LogP contribution in [0.1, 0.15) is 18.4 Å². The van der Waals surface area contributed by atoms with Gasteiger partial charge in [0.1, 0.15) is 0 Å². The van der Waals surface area contributed by atoms with Crippen LogP contribution in [-0.4, -0.2) is 30.6 Å². The second-order valence-electron chi connectivity index (χ2n) is 4.31. The minimum Gasteiger partial charge on any atom is -0.327 e. The standard InChI is InChI=1S/C14H18N2/c15-14-9-5-11-16(12-14)10-4-8-13-6-2-1-3-7-13/h1-3,6-7,14H,5,9-12,15H2/t14-/m1/s1. The SMILES string of the molecule is N[C@@H]1CCCN(CC#Cc2ccccc2)C1. The van der Waals surface area contributed by atoms with Gasteiger partial charge in [-0.05, 0) is 31.5 Å². The summed E-state index contributed by atoms with van der Waals surface area (Å²) < 4.78 is 0. The molecule has 0 bridgehead atoms. The summed E-state index contributed by atoms with van der Waals surface area (Å²) >= 11 is 0. The molecule has 2 N–H and O–H groups in total. The zero-order chi connectivity index (χ0) is 11.2. The maximum atomic E-state index is 5.92. The first-order valence-electron chi connectivity index (χ1n) is 5.86. The molecule has 2 rings (SSSR count). The average Bonchev–Trinajstić information content (AvgIpc) is 2.30. The number of rotatable bonds is 1. The first-order chi connectivity index (χ1) is 7.84. The van der Waals surface area contributed by atoms with Crippen molar-refractivity contribution in [2.75, 3.05) is 19.6 Å². The molecule has 0 saturated carbocycles. The van der Waals surface area contributed by atoms with Gasteiger partial charge in [0.05, 0.1) is 6.54 Å². The molecule has 0 radical (unpaired) electrons. The van der Waals surface area contributed by atoms with Gasteiger partial charge < -0.3 is 5.73 Å². The predicted molar refractivity (Wildman–Crippen MR) is 67.0 cm³/mol.